The molecule has 29 heavy (non-hydrogen) atoms. The fourth-order valence-electron chi connectivity index (χ4n) is 4.39. The topological polar surface area (TPSA) is 178 Å². The third kappa shape index (κ3) is 2.13. The molecule has 0 aliphatic heterocycles. The lowest BCUT2D eigenvalue weighted by Gasteiger charge is -2.49. The first-order valence-corrected chi connectivity index (χ1v) is 8.56. The standard InChI is InChI=1S/C20H16NO8/c1-6-7-3-2-4-9(22)12(7)16(25)14-11(6)15(24)8-5-10(23)13(19(21)28)17(26)20(8,29)18(14)27/h2-5,8,11,15,22,24-26,29H,1H2,(H2,21,28)/t8?,11?,15-,20-/m1/s1. The van der Waals surface area contributed by atoms with Crippen LogP contribution in [0.4, 0.5) is 0 Å². The molecule has 1 amide bonds. The molecule has 9 heteroatoms. The molecule has 7 N–H and O–H groups in total. The summed E-state index contributed by atoms with van der Waals surface area (Å²) in [6, 6.07) is 4.26. The van der Waals surface area contributed by atoms with Gasteiger partial charge in [0.25, 0.3) is 5.91 Å². The lowest BCUT2D eigenvalue weighted by molar-refractivity contribution is -0.152. The molecule has 0 spiro atoms. The Morgan fingerprint density at radius 3 is 2.45 bits per heavy atom. The second-order valence-corrected chi connectivity index (χ2v) is 7.20. The fraction of sp³-hybridized carbons (Fsp3) is 0.200. The zero-order valence-electron chi connectivity index (χ0n) is 14.8. The van der Waals surface area contributed by atoms with Gasteiger partial charge in [0.1, 0.15) is 22.8 Å². The largest absolute Gasteiger partial charge is 0.508 e. The predicted molar refractivity (Wildman–Crippen MR) is 97.8 cm³/mol. The maximum Gasteiger partial charge on any atom is 0.255 e. The summed E-state index contributed by atoms with van der Waals surface area (Å²) in [5.74, 6) is -8.88. The van der Waals surface area contributed by atoms with E-state index >= 15 is 0 Å². The molecule has 1 saturated carbocycles. The number of hydrogen-bond donors (Lipinski definition) is 6. The zero-order chi connectivity index (χ0) is 21.4. The number of Topliss-reactive ketones (excluding diaryl/α,β-unsaturated/α-hetero) is 2. The molecule has 0 aromatic heterocycles. The highest BCUT2D eigenvalue weighted by atomic mass is 16.4. The Morgan fingerprint density at radius 1 is 1.17 bits per heavy atom. The van der Waals surface area contributed by atoms with Crippen LogP contribution in [0.3, 0.4) is 0 Å². The molecule has 1 fully saturated rings. The number of hydrogen-bond acceptors (Lipinski definition) is 8. The molecule has 1 aromatic carbocycles. The summed E-state index contributed by atoms with van der Waals surface area (Å²) in [5.41, 5.74) is 0.998. The van der Waals surface area contributed by atoms with Gasteiger partial charge in [-0.3, -0.25) is 14.4 Å². The first-order valence-electron chi connectivity index (χ1n) is 8.56. The smallest absolute Gasteiger partial charge is 0.255 e. The van der Waals surface area contributed by atoms with Gasteiger partial charge in [-0.25, -0.2) is 0 Å². The van der Waals surface area contributed by atoms with Crippen molar-refractivity contribution in [2.45, 2.75) is 11.7 Å². The number of aliphatic hydroxyl groups excluding tert-OH is 3. The van der Waals surface area contributed by atoms with Crippen LogP contribution in [0.15, 0.2) is 41.7 Å². The van der Waals surface area contributed by atoms with Crippen molar-refractivity contribution in [3.63, 3.8) is 0 Å². The van der Waals surface area contributed by atoms with Crippen LogP contribution >= 0.6 is 0 Å². The average Bonchev–Trinajstić information content (AvgIpc) is 2.65. The van der Waals surface area contributed by atoms with Gasteiger partial charge in [0.15, 0.2) is 11.4 Å². The van der Waals surface area contributed by atoms with Gasteiger partial charge < -0.3 is 31.3 Å². The van der Waals surface area contributed by atoms with Crippen molar-refractivity contribution in [1.82, 2.24) is 0 Å². The molecule has 9 nitrogen and oxygen atoms in total. The number of primary amides is 1. The molecule has 3 aliphatic rings. The van der Waals surface area contributed by atoms with E-state index in [1.54, 1.807) is 0 Å². The van der Waals surface area contributed by atoms with Crippen LogP contribution < -0.4 is 5.73 Å². The highest BCUT2D eigenvalue weighted by molar-refractivity contribution is 6.26. The lowest BCUT2D eigenvalue weighted by Crippen LogP contribution is -2.63. The van der Waals surface area contributed by atoms with Gasteiger partial charge in [0.05, 0.1) is 17.2 Å². The Bertz CT molecular complexity index is 1100. The van der Waals surface area contributed by atoms with Crippen molar-refractivity contribution < 1.29 is 39.9 Å². The zero-order valence-corrected chi connectivity index (χ0v) is 14.8. The van der Waals surface area contributed by atoms with Crippen LogP contribution in [0.2, 0.25) is 0 Å². The monoisotopic (exact) mass is 398 g/mol. The SMILES string of the molecule is C=C1c2cccc(O)c2C(O)=C2C(=O)[C@]3(O)C(O)=C(C(N)=O)C(=O)[CH]C3[C@@H](O)C12. The van der Waals surface area contributed by atoms with Gasteiger partial charge in [-0.05, 0) is 17.2 Å². The summed E-state index contributed by atoms with van der Waals surface area (Å²) < 4.78 is 0. The number of benzene rings is 1. The van der Waals surface area contributed by atoms with E-state index in [0.29, 0.717) is 0 Å². The third-order valence-corrected chi connectivity index (χ3v) is 5.77. The third-order valence-electron chi connectivity index (χ3n) is 5.77. The number of amides is 1. The number of carbonyl (C=O) groups is 3. The molecule has 1 radical (unpaired) electrons. The summed E-state index contributed by atoms with van der Waals surface area (Å²) in [4.78, 5) is 37.0. The number of phenols is 1. The highest BCUT2D eigenvalue weighted by Gasteiger charge is 2.64. The Kier molecular flexibility index (Phi) is 3.77. The molecule has 149 valence electrons. The minimum Gasteiger partial charge on any atom is -0.508 e. The molecule has 0 saturated heterocycles. The van der Waals surface area contributed by atoms with E-state index in [0.717, 1.165) is 6.42 Å². The number of ketones is 2. The van der Waals surface area contributed by atoms with Crippen LogP contribution in [0.25, 0.3) is 11.3 Å². The Labute approximate surface area is 163 Å². The van der Waals surface area contributed by atoms with Gasteiger partial charge in [-0.15, -0.1) is 0 Å². The summed E-state index contributed by atoms with van der Waals surface area (Å²) in [6.07, 6.45) is -0.917. The summed E-state index contributed by atoms with van der Waals surface area (Å²) >= 11 is 0. The summed E-state index contributed by atoms with van der Waals surface area (Å²) in [6.45, 7) is 3.84. The minimum absolute atomic E-state index is 0.124. The fourth-order valence-corrected chi connectivity index (χ4v) is 4.39. The van der Waals surface area contributed by atoms with Crippen molar-refractivity contribution in [3.05, 3.63) is 59.2 Å². The van der Waals surface area contributed by atoms with Crippen LogP contribution in [0.1, 0.15) is 11.1 Å². The highest BCUT2D eigenvalue weighted by Crippen LogP contribution is 2.54. The molecular weight excluding hydrogens is 382 g/mol. The summed E-state index contributed by atoms with van der Waals surface area (Å²) in [7, 11) is 0. The van der Waals surface area contributed by atoms with Crippen molar-refractivity contribution >= 4 is 28.8 Å². The van der Waals surface area contributed by atoms with Gasteiger partial charge >= 0.3 is 0 Å². The Morgan fingerprint density at radius 2 is 1.83 bits per heavy atom. The lowest BCUT2D eigenvalue weighted by atomic mass is 9.57. The molecule has 0 heterocycles. The molecule has 4 rings (SSSR count). The van der Waals surface area contributed by atoms with Crippen LogP contribution in [-0.4, -0.2) is 54.7 Å². The van der Waals surface area contributed by atoms with E-state index in [9.17, 15) is 39.9 Å². The Balaban J connectivity index is 2.03. The van der Waals surface area contributed by atoms with E-state index in [1.807, 2.05) is 0 Å². The molecule has 3 aliphatic carbocycles. The maximum atomic E-state index is 13.2. The summed E-state index contributed by atoms with van der Waals surface area (Å²) in [5, 5.41) is 53.3. The first kappa shape index (κ1) is 18.9. The minimum atomic E-state index is -2.90. The number of phenolic OH excluding ortho intramolecular Hbond substituents is 1. The van der Waals surface area contributed by atoms with E-state index in [4.69, 9.17) is 5.73 Å². The first-order chi connectivity index (χ1) is 13.5. The van der Waals surface area contributed by atoms with Crippen molar-refractivity contribution in [2.75, 3.05) is 0 Å². The quantitative estimate of drug-likeness (QED) is 0.348. The van der Waals surface area contributed by atoms with E-state index in [1.165, 1.54) is 18.2 Å². The number of aliphatic hydroxyl groups is 4. The van der Waals surface area contributed by atoms with Gasteiger partial charge in [0.2, 0.25) is 5.78 Å². The maximum absolute atomic E-state index is 13.2. The van der Waals surface area contributed by atoms with Crippen LogP contribution in [0.5, 0.6) is 5.75 Å². The van der Waals surface area contributed by atoms with Crippen LogP contribution in [-0.2, 0) is 14.4 Å². The van der Waals surface area contributed by atoms with E-state index < -0.39 is 63.7 Å². The molecule has 1 aromatic rings. The molecular formula is C20H16NO8. The average molecular weight is 398 g/mol. The normalized spacial score (nSPS) is 31.4. The number of fused-ring (bicyclic) bond motifs is 3. The van der Waals surface area contributed by atoms with E-state index in [2.05, 4.69) is 6.58 Å². The molecule has 2 unspecified atom stereocenters. The second-order valence-electron chi connectivity index (χ2n) is 7.20. The van der Waals surface area contributed by atoms with Gasteiger partial charge in [-0.2, -0.15) is 0 Å². The number of carbonyl (C=O) groups excluding carboxylic acids is 3. The van der Waals surface area contributed by atoms with Crippen molar-refractivity contribution in [3.8, 4) is 5.75 Å². The van der Waals surface area contributed by atoms with E-state index in [-0.39, 0.29) is 22.4 Å². The van der Waals surface area contributed by atoms with Crippen LogP contribution in [0, 0.1) is 18.3 Å². The molecule has 4 atom stereocenters. The number of aromatic hydroxyl groups is 1. The predicted octanol–water partition coefficient (Wildman–Crippen LogP) is -0.320. The second kappa shape index (κ2) is 5.79. The number of nitrogens with two attached hydrogens (primary N) is 1. The number of rotatable bonds is 1. The Hall–Kier alpha value is -3.43. The van der Waals surface area contributed by atoms with Crippen molar-refractivity contribution in [1.29, 1.82) is 0 Å². The molecule has 0 bridgehead atoms. The van der Waals surface area contributed by atoms with Gasteiger partial charge in [-0.1, -0.05) is 18.7 Å². The van der Waals surface area contributed by atoms with Gasteiger partial charge in [0, 0.05) is 18.3 Å². The van der Waals surface area contributed by atoms with Crippen molar-refractivity contribution in [2.24, 2.45) is 17.6 Å².